The number of cyclic esters (lactones) is 1. The maximum absolute atomic E-state index is 15.2. The van der Waals surface area contributed by atoms with Gasteiger partial charge in [-0.05, 0) is 39.0 Å². The van der Waals surface area contributed by atoms with Crippen molar-refractivity contribution in [3.05, 3.63) is 60.2 Å². The molecule has 0 unspecified atom stereocenters. The quantitative estimate of drug-likeness (QED) is 0.458. The Kier molecular flexibility index (Phi) is 6.17. The molecule has 3 fully saturated rings. The fourth-order valence-electron chi connectivity index (χ4n) is 5.85. The van der Waals surface area contributed by atoms with E-state index in [0.29, 0.717) is 18.8 Å². The zero-order valence-electron chi connectivity index (χ0n) is 22.6. The van der Waals surface area contributed by atoms with Gasteiger partial charge in [-0.25, -0.2) is 23.1 Å². The molecule has 2 amide bonds. The van der Waals surface area contributed by atoms with Crippen LogP contribution in [0, 0.1) is 34.8 Å². The molecule has 0 spiro atoms. The number of nitrogens with zero attached hydrogens (tertiary/aromatic N) is 7. The van der Waals surface area contributed by atoms with E-state index < -0.39 is 40.9 Å². The lowest BCUT2D eigenvalue weighted by Gasteiger charge is -2.27. The second-order valence-corrected chi connectivity index (χ2v) is 11.5. The molecule has 4 atom stereocenters. The monoisotopic (exact) mass is 563 g/mol. The Morgan fingerprint density at radius 3 is 2.46 bits per heavy atom. The molecule has 2 saturated heterocycles. The van der Waals surface area contributed by atoms with Crippen LogP contribution in [0.3, 0.4) is 0 Å². The SMILES string of the molecule is CC(C)(C)OC(=O)N1C[C@@H]2[C@H](C1)[C@@]2(C#N)c1ccc(-c2c(F)cc(N3C[C@H](Cn4ccnn4)OC3=O)cc2F)cn1. The number of piperidine rings is 1. The highest BCUT2D eigenvalue weighted by Gasteiger charge is 2.71. The highest BCUT2D eigenvalue weighted by Crippen LogP contribution is 2.63. The fraction of sp³-hybridized carbons (Fsp3) is 0.429. The molecule has 0 bridgehead atoms. The molecule has 1 aliphatic carbocycles. The molecule has 0 N–H and O–H groups in total. The molecular formula is C28H27F2N7O4. The van der Waals surface area contributed by atoms with Crippen LogP contribution < -0.4 is 4.90 Å². The first-order valence-electron chi connectivity index (χ1n) is 13.2. The number of halogens is 2. The van der Waals surface area contributed by atoms with Gasteiger partial charge in [0.05, 0.1) is 42.3 Å². The van der Waals surface area contributed by atoms with Crippen molar-refractivity contribution in [2.75, 3.05) is 24.5 Å². The Bertz CT molecular complexity index is 1510. The van der Waals surface area contributed by atoms with E-state index in [4.69, 9.17) is 9.47 Å². The van der Waals surface area contributed by atoms with Gasteiger partial charge < -0.3 is 14.4 Å². The molecule has 3 aromatic rings. The summed E-state index contributed by atoms with van der Waals surface area (Å²) in [5.74, 6) is -1.93. The Hall–Kier alpha value is -4.60. The molecule has 212 valence electrons. The number of nitriles is 1. The molecule has 6 rings (SSSR count). The van der Waals surface area contributed by atoms with Crippen LogP contribution in [0.25, 0.3) is 11.1 Å². The second-order valence-electron chi connectivity index (χ2n) is 11.5. The van der Waals surface area contributed by atoms with Crippen molar-refractivity contribution >= 4 is 17.9 Å². The predicted octanol–water partition coefficient (Wildman–Crippen LogP) is 3.90. The number of amides is 2. The molecule has 2 aromatic heterocycles. The zero-order valence-corrected chi connectivity index (χ0v) is 22.6. The minimum absolute atomic E-state index is 0.0307. The Morgan fingerprint density at radius 2 is 1.90 bits per heavy atom. The summed E-state index contributed by atoms with van der Waals surface area (Å²) in [6.45, 7) is 6.49. The number of anilines is 1. The molecule has 13 heteroatoms. The molecule has 1 aromatic carbocycles. The van der Waals surface area contributed by atoms with Crippen LogP contribution in [-0.4, -0.2) is 68.4 Å². The largest absolute Gasteiger partial charge is 0.444 e. The fourth-order valence-corrected chi connectivity index (χ4v) is 5.85. The molecule has 3 aliphatic rings. The van der Waals surface area contributed by atoms with Gasteiger partial charge in [-0.3, -0.25) is 9.88 Å². The summed E-state index contributed by atoms with van der Waals surface area (Å²) < 4.78 is 42.8. The first kappa shape index (κ1) is 26.6. The maximum Gasteiger partial charge on any atom is 0.414 e. The lowest BCUT2D eigenvalue weighted by molar-refractivity contribution is 0.0265. The molecule has 0 radical (unpaired) electrons. The van der Waals surface area contributed by atoms with E-state index in [0.717, 1.165) is 12.1 Å². The van der Waals surface area contributed by atoms with Crippen LogP contribution in [0.15, 0.2) is 42.9 Å². The summed E-state index contributed by atoms with van der Waals surface area (Å²) in [6, 6.07) is 7.67. The molecule has 1 saturated carbocycles. The van der Waals surface area contributed by atoms with Gasteiger partial charge >= 0.3 is 12.2 Å². The number of pyridine rings is 1. The van der Waals surface area contributed by atoms with Gasteiger partial charge in [-0.2, -0.15) is 5.26 Å². The van der Waals surface area contributed by atoms with Crippen LogP contribution >= 0.6 is 0 Å². The smallest absolute Gasteiger partial charge is 0.414 e. The third-order valence-electron chi connectivity index (χ3n) is 7.77. The molecular weight excluding hydrogens is 536 g/mol. The number of aromatic nitrogens is 4. The number of fused-ring (bicyclic) bond motifs is 1. The van der Waals surface area contributed by atoms with Crippen molar-refractivity contribution in [1.29, 1.82) is 5.26 Å². The van der Waals surface area contributed by atoms with Crippen molar-refractivity contribution in [3.8, 4) is 17.2 Å². The third kappa shape index (κ3) is 4.63. The van der Waals surface area contributed by atoms with Crippen LogP contribution in [0.1, 0.15) is 26.5 Å². The van der Waals surface area contributed by atoms with Crippen molar-refractivity contribution in [1.82, 2.24) is 24.9 Å². The number of ether oxygens (including phenoxy) is 2. The Balaban J connectivity index is 1.16. The predicted molar refractivity (Wildman–Crippen MR) is 139 cm³/mol. The lowest BCUT2D eigenvalue weighted by Crippen LogP contribution is -2.39. The van der Waals surface area contributed by atoms with Crippen LogP contribution in [0.4, 0.5) is 24.1 Å². The van der Waals surface area contributed by atoms with Crippen molar-refractivity contribution in [3.63, 3.8) is 0 Å². The van der Waals surface area contributed by atoms with E-state index in [-0.39, 0.29) is 41.7 Å². The number of benzene rings is 1. The average Bonchev–Trinajstić information content (AvgIpc) is 3.41. The highest BCUT2D eigenvalue weighted by atomic mass is 19.1. The number of hydrogen-bond donors (Lipinski definition) is 0. The van der Waals surface area contributed by atoms with Gasteiger partial charge in [-0.15, -0.1) is 5.10 Å². The van der Waals surface area contributed by atoms with Crippen LogP contribution in [0.5, 0.6) is 0 Å². The van der Waals surface area contributed by atoms with Crippen LogP contribution in [-0.2, 0) is 21.4 Å². The Morgan fingerprint density at radius 1 is 1.20 bits per heavy atom. The van der Waals surface area contributed by atoms with E-state index in [1.807, 2.05) is 0 Å². The van der Waals surface area contributed by atoms with Gasteiger partial charge in [0.15, 0.2) is 0 Å². The minimum atomic E-state index is -0.867. The topological polar surface area (TPSA) is 126 Å². The molecule has 11 nitrogen and oxygen atoms in total. The molecule has 2 aliphatic heterocycles. The standard InChI is InChI=1S/C28H27F2N7O4/c1-27(2,3)41-25(38)35-13-19-20(14-35)28(19,15-31)23-5-4-16(10-32-23)24-21(29)8-17(9-22(24)30)37-12-18(40-26(37)39)11-36-7-6-33-34-36/h4-10,18-20H,11-14H2,1-3H3/t18-,19-,20+,28+/m0/s1. The first-order valence-corrected chi connectivity index (χ1v) is 13.2. The first-order chi connectivity index (χ1) is 19.5. The highest BCUT2D eigenvalue weighted by molar-refractivity contribution is 5.90. The van der Waals surface area contributed by atoms with Crippen molar-refractivity contribution in [2.45, 2.75) is 44.4 Å². The van der Waals surface area contributed by atoms with Gasteiger partial charge in [0.1, 0.15) is 28.8 Å². The van der Waals surface area contributed by atoms with E-state index in [9.17, 15) is 14.9 Å². The maximum atomic E-state index is 15.2. The zero-order chi connectivity index (χ0) is 29.1. The summed E-state index contributed by atoms with van der Waals surface area (Å²) in [4.78, 5) is 32.0. The van der Waals surface area contributed by atoms with E-state index in [1.54, 1.807) is 37.9 Å². The number of hydrogen-bond acceptors (Lipinski definition) is 8. The van der Waals surface area contributed by atoms with E-state index in [1.165, 1.54) is 28.0 Å². The number of likely N-dealkylation sites (tertiary alicyclic amines) is 1. The number of carbonyl (C=O) groups excluding carboxylic acids is 2. The summed E-state index contributed by atoms with van der Waals surface area (Å²) >= 11 is 0. The van der Waals surface area contributed by atoms with Gasteiger partial charge in [0.2, 0.25) is 0 Å². The number of rotatable bonds is 5. The average molecular weight is 564 g/mol. The van der Waals surface area contributed by atoms with Gasteiger partial charge in [0.25, 0.3) is 0 Å². The summed E-state index contributed by atoms with van der Waals surface area (Å²) in [7, 11) is 0. The lowest BCUT2D eigenvalue weighted by atomic mass is 9.95. The van der Waals surface area contributed by atoms with Crippen molar-refractivity contribution < 1.29 is 27.8 Å². The third-order valence-corrected chi connectivity index (χ3v) is 7.77. The summed E-state index contributed by atoms with van der Waals surface area (Å²) in [5, 5.41) is 17.6. The summed E-state index contributed by atoms with van der Waals surface area (Å²) in [5.41, 5.74) is -1.05. The van der Waals surface area contributed by atoms with Gasteiger partial charge in [0, 0.05) is 42.9 Å². The van der Waals surface area contributed by atoms with E-state index in [2.05, 4.69) is 21.4 Å². The van der Waals surface area contributed by atoms with Gasteiger partial charge in [-0.1, -0.05) is 11.3 Å². The second kappa shape index (κ2) is 9.50. The van der Waals surface area contributed by atoms with Crippen LogP contribution in [0.2, 0.25) is 0 Å². The Labute approximate surface area is 234 Å². The molecule has 4 heterocycles. The normalized spacial score (nSPS) is 25.1. The van der Waals surface area contributed by atoms with Crippen molar-refractivity contribution in [2.24, 2.45) is 11.8 Å². The molecule has 41 heavy (non-hydrogen) atoms. The number of carbonyl (C=O) groups is 2. The minimum Gasteiger partial charge on any atom is -0.444 e. The van der Waals surface area contributed by atoms with E-state index >= 15 is 8.78 Å². The summed E-state index contributed by atoms with van der Waals surface area (Å²) in [6.07, 6.45) is 2.77.